The van der Waals surface area contributed by atoms with Crippen molar-refractivity contribution in [1.82, 2.24) is 30.6 Å². The molecule has 1 saturated carbocycles. The summed E-state index contributed by atoms with van der Waals surface area (Å²) in [5.41, 5.74) is 1.05. The van der Waals surface area contributed by atoms with E-state index in [9.17, 15) is 24.0 Å². The fraction of sp³-hybridized carbons (Fsp3) is 0.405. The highest BCUT2D eigenvalue weighted by atomic mass is 35.5. The normalized spacial score (nSPS) is 21.8. The highest BCUT2D eigenvalue weighted by molar-refractivity contribution is 6.31. The van der Waals surface area contributed by atoms with Gasteiger partial charge in [0.1, 0.15) is 30.2 Å². The van der Waals surface area contributed by atoms with Gasteiger partial charge in [-0.3, -0.25) is 39.1 Å². The van der Waals surface area contributed by atoms with Gasteiger partial charge in [-0.2, -0.15) is 5.26 Å². The number of nitrogens with zero attached hydrogens (tertiary/aromatic N) is 6. The number of nitriles is 1. The summed E-state index contributed by atoms with van der Waals surface area (Å²) in [6.45, 7) is 3.95. The summed E-state index contributed by atoms with van der Waals surface area (Å²) in [5, 5.41) is 23.2. The van der Waals surface area contributed by atoms with Gasteiger partial charge in [0.25, 0.3) is 17.7 Å². The molecule has 4 aliphatic rings. The first-order valence-corrected chi connectivity index (χ1v) is 18.0. The van der Waals surface area contributed by atoms with Crippen LogP contribution in [0.5, 0.6) is 11.5 Å². The average molecular weight is 741 g/mol. The monoisotopic (exact) mass is 740 g/mol. The lowest BCUT2D eigenvalue weighted by Gasteiger charge is -2.35. The number of hydrogen-bond donors (Lipinski definition) is 2. The number of piperidine rings is 1. The smallest absolute Gasteiger partial charge is 0.272 e. The number of ether oxygens (including phenoxy) is 2. The molecule has 5 amide bonds. The Kier molecular flexibility index (Phi) is 10.5. The number of rotatable bonds is 10. The highest BCUT2D eigenvalue weighted by Crippen LogP contribution is 2.31. The van der Waals surface area contributed by atoms with Crippen LogP contribution in [0.15, 0.2) is 48.5 Å². The van der Waals surface area contributed by atoms with Crippen molar-refractivity contribution in [2.24, 2.45) is 0 Å². The SMILES string of the molecule is N#Cc1ccc(OC2CCC(NC(=O)c3ccc(N4CCN(CCOc5ccc6c(c5)C(=O)N(C5CCC(=O)NC5=O)C6=O)CC4)nn3)CC2)cc1Cl. The Morgan fingerprint density at radius 3 is 2.36 bits per heavy atom. The van der Waals surface area contributed by atoms with Gasteiger partial charge in [-0.25, -0.2) is 0 Å². The van der Waals surface area contributed by atoms with Crippen molar-refractivity contribution in [3.63, 3.8) is 0 Å². The molecule has 274 valence electrons. The van der Waals surface area contributed by atoms with Crippen LogP contribution >= 0.6 is 11.6 Å². The molecule has 7 rings (SSSR count). The Morgan fingerprint density at radius 2 is 1.66 bits per heavy atom. The summed E-state index contributed by atoms with van der Waals surface area (Å²) >= 11 is 6.12. The van der Waals surface area contributed by atoms with E-state index < -0.39 is 29.7 Å². The Morgan fingerprint density at radius 1 is 0.906 bits per heavy atom. The van der Waals surface area contributed by atoms with E-state index in [0.29, 0.717) is 54.1 Å². The number of amides is 5. The highest BCUT2D eigenvalue weighted by Gasteiger charge is 2.44. The van der Waals surface area contributed by atoms with Crippen LogP contribution in [0.3, 0.4) is 0 Å². The fourth-order valence-electron chi connectivity index (χ4n) is 7.08. The third-order valence-electron chi connectivity index (χ3n) is 10.0. The zero-order chi connectivity index (χ0) is 37.1. The standard InChI is InChI=1S/C37H37ClN8O7/c38-29-20-26(4-1-22(29)21-39)53-24-5-2-23(3-6-24)40-34(48)30-9-11-32(43-42-30)45-15-13-44(14-16-45)17-18-52-25-7-8-27-28(19-25)37(51)46(36(27)50)31-10-12-33(47)41-35(31)49/h1,4,7-9,11,19-20,23-24,31H,2-3,5-6,10,12-18H2,(H,40,48)(H,41,47,49). The molecular weight excluding hydrogens is 704 g/mol. The Labute approximate surface area is 310 Å². The summed E-state index contributed by atoms with van der Waals surface area (Å²) in [6, 6.07) is 14.3. The molecule has 2 aromatic carbocycles. The molecule has 16 heteroatoms. The van der Waals surface area contributed by atoms with Gasteiger partial charge >= 0.3 is 0 Å². The Hall–Kier alpha value is -5.59. The van der Waals surface area contributed by atoms with Gasteiger partial charge in [-0.15, -0.1) is 10.2 Å². The fourth-order valence-corrected chi connectivity index (χ4v) is 7.30. The van der Waals surface area contributed by atoms with Gasteiger partial charge in [-0.05, 0) is 74.6 Å². The minimum Gasteiger partial charge on any atom is -0.492 e. The molecule has 1 atom stereocenters. The van der Waals surface area contributed by atoms with Crippen LogP contribution in [0.2, 0.25) is 5.02 Å². The van der Waals surface area contributed by atoms with E-state index >= 15 is 0 Å². The van der Waals surface area contributed by atoms with Crippen molar-refractivity contribution < 1.29 is 33.4 Å². The zero-order valence-electron chi connectivity index (χ0n) is 28.8. The van der Waals surface area contributed by atoms with E-state index in [-0.39, 0.29) is 47.7 Å². The van der Waals surface area contributed by atoms with Crippen molar-refractivity contribution in [1.29, 1.82) is 5.26 Å². The third-order valence-corrected chi connectivity index (χ3v) is 10.4. The van der Waals surface area contributed by atoms with Gasteiger partial charge in [0.2, 0.25) is 11.8 Å². The van der Waals surface area contributed by atoms with E-state index in [0.717, 1.165) is 43.7 Å². The maximum absolute atomic E-state index is 13.1. The van der Waals surface area contributed by atoms with Crippen LogP contribution in [-0.2, 0) is 9.59 Å². The first kappa shape index (κ1) is 35.8. The van der Waals surface area contributed by atoms with Crippen molar-refractivity contribution in [3.8, 4) is 17.6 Å². The molecule has 1 aliphatic carbocycles. The van der Waals surface area contributed by atoms with Crippen LogP contribution in [0.4, 0.5) is 5.82 Å². The quantitative estimate of drug-likeness (QED) is 0.290. The molecule has 0 radical (unpaired) electrons. The molecule has 0 spiro atoms. The molecule has 3 fully saturated rings. The summed E-state index contributed by atoms with van der Waals surface area (Å²) in [5.74, 6) is -0.690. The average Bonchev–Trinajstić information content (AvgIpc) is 3.41. The van der Waals surface area contributed by atoms with Crippen LogP contribution in [0, 0.1) is 11.3 Å². The molecule has 4 heterocycles. The number of imide groups is 2. The lowest BCUT2D eigenvalue weighted by Crippen LogP contribution is -2.54. The van der Waals surface area contributed by atoms with Gasteiger partial charge in [-0.1, -0.05) is 11.6 Å². The maximum atomic E-state index is 13.1. The second kappa shape index (κ2) is 15.6. The van der Waals surface area contributed by atoms with Crippen LogP contribution in [0.25, 0.3) is 0 Å². The topological polar surface area (TPSA) is 187 Å². The molecule has 2 saturated heterocycles. The molecule has 1 unspecified atom stereocenters. The second-order valence-corrected chi connectivity index (χ2v) is 13.8. The Bertz CT molecular complexity index is 1970. The summed E-state index contributed by atoms with van der Waals surface area (Å²) in [7, 11) is 0. The van der Waals surface area contributed by atoms with Gasteiger partial charge in [0.05, 0.1) is 27.8 Å². The predicted molar refractivity (Wildman–Crippen MR) is 190 cm³/mol. The predicted octanol–water partition coefficient (Wildman–Crippen LogP) is 2.72. The second-order valence-electron chi connectivity index (χ2n) is 13.4. The van der Waals surface area contributed by atoms with Gasteiger partial charge in [0.15, 0.2) is 11.5 Å². The Balaban J connectivity index is 0.822. The third kappa shape index (κ3) is 7.93. The van der Waals surface area contributed by atoms with Crippen molar-refractivity contribution >= 4 is 47.0 Å². The molecule has 0 bridgehead atoms. The van der Waals surface area contributed by atoms with E-state index in [1.54, 1.807) is 30.3 Å². The number of fused-ring (bicyclic) bond motifs is 1. The number of aromatic nitrogens is 2. The molecule has 1 aromatic heterocycles. The molecule has 3 aliphatic heterocycles. The summed E-state index contributed by atoms with van der Waals surface area (Å²) in [6.07, 6.45) is 3.24. The maximum Gasteiger partial charge on any atom is 0.272 e. The number of carbonyl (C=O) groups is 5. The molecule has 15 nitrogen and oxygen atoms in total. The van der Waals surface area contributed by atoms with Crippen molar-refractivity contribution in [3.05, 3.63) is 75.9 Å². The van der Waals surface area contributed by atoms with Crippen LogP contribution < -0.4 is 25.0 Å². The first-order chi connectivity index (χ1) is 25.7. The minimum absolute atomic E-state index is 0.00517. The van der Waals surface area contributed by atoms with Crippen molar-refractivity contribution in [2.45, 2.75) is 56.7 Å². The number of carbonyl (C=O) groups excluding carboxylic acids is 5. The number of hydrogen-bond acceptors (Lipinski definition) is 12. The van der Waals surface area contributed by atoms with Gasteiger partial charge in [0, 0.05) is 51.3 Å². The van der Waals surface area contributed by atoms with Gasteiger partial charge < -0.3 is 19.7 Å². The van der Waals surface area contributed by atoms with Crippen LogP contribution in [0.1, 0.15) is 75.3 Å². The molecule has 2 N–H and O–H groups in total. The van der Waals surface area contributed by atoms with Crippen LogP contribution in [-0.4, -0.2) is 107 Å². The number of benzene rings is 2. The van der Waals surface area contributed by atoms with E-state index in [1.165, 1.54) is 12.1 Å². The lowest BCUT2D eigenvalue weighted by atomic mass is 9.93. The number of anilines is 1. The van der Waals surface area contributed by atoms with Crippen molar-refractivity contribution in [2.75, 3.05) is 44.2 Å². The van der Waals surface area contributed by atoms with E-state index in [1.807, 2.05) is 12.1 Å². The zero-order valence-corrected chi connectivity index (χ0v) is 29.5. The number of halogens is 1. The molecule has 3 aromatic rings. The number of nitrogens with one attached hydrogen (secondary N) is 2. The largest absolute Gasteiger partial charge is 0.492 e. The molecule has 53 heavy (non-hydrogen) atoms. The summed E-state index contributed by atoms with van der Waals surface area (Å²) in [4.78, 5) is 68.1. The lowest BCUT2D eigenvalue weighted by molar-refractivity contribution is -0.136. The minimum atomic E-state index is -1.02. The summed E-state index contributed by atoms with van der Waals surface area (Å²) < 4.78 is 12.0. The first-order valence-electron chi connectivity index (χ1n) is 17.6. The molecular formula is C37H37ClN8O7. The van der Waals surface area contributed by atoms with E-state index in [4.69, 9.17) is 26.3 Å². The van der Waals surface area contributed by atoms with E-state index in [2.05, 4.69) is 30.6 Å². The number of piperazine rings is 1.